The van der Waals surface area contributed by atoms with Crippen molar-refractivity contribution >= 4 is 5.82 Å². The molecule has 0 aromatic carbocycles. The molecule has 0 unspecified atom stereocenters. The van der Waals surface area contributed by atoms with Gasteiger partial charge in [0.1, 0.15) is 11.6 Å². The Balaban J connectivity index is 2.29. The molecule has 3 heteroatoms. The average Bonchev–Trinajstić information content (AvgIpc) is 2.37. The molecule has 1 aromatic rings. The van der Waals surface area contributed by atoms with E-state index in [1.54, 1.807) is 0 Å². The van der Waals surface area contributed by atoms with Crippen LogP contribution >= 0.6 is 0 Å². The van der Waals surface area contributed by atoms with Crippen LogP contribution in [0.1, 0.15) is 90.1 Å². The number of hydrogen-bond acceptors (Lipinski definition) is 3. The molecule has 1 fully saturated rings. The molecule has 1 heterocycles. The van der Waals surface area contributed by atoms with E-state index in [-0.39, 0.29) is 5.41 Å². The Morgan fingerprint density at radius 2 is 1.67 bits per heavy atom. The van der Waals surface area contributed by atoms with Gasteiger partial charge in [0.05, 0.1) is 5.69 Å². The number of nitrogens with zero attached hydrogens (tertiary/aromatic N) is 2. The predicted molar refractivity (Wildman–Crippen MR) is 90.0 cm³/mol. The van der Waals surface area contributed by atoms with Gasteiger partial charge in [-0.2, -0.15) is 0 Å². The van der Waals surface area contributed by atoms with Crippen molar-refractivity contribution in [2.75, 3.05) is 11.9 Å². The van der Waals surface area contributed by atoms with Crippen LogP contribution in [0.5, 0.6) is 0 Å². The molecule has 1 aromatic heterocycles. The van der Waals surface area contributed by atoms with Crippen LogP contribution in [0.3, 0.4) is 0 Å². The highest BCUT2D eigenvalue weighted by Crippen LogP contribution is 2.31. The van der Waals surface area contributed by atoms with Crippen LogP contribution in [0.15, 0.2) is 6.07 Å². The van der Waals surface area contributed by atoms with Crippen molar-refractivity contribution < 1.29 is 0 Å². The third kappa shape index (κ3) is 4.69. The number of nitrogens with one attached hydrogen (secondary N) is 1. The maximum absolute atomic E-state index is 4.93. The first kappa shape index (κ1) is 16.3. The zero-order valence-electron chi connectivity index (χ0n) is 14.2. The summed E-state index contributed by atoms with van der Waals surface area (Å²) in [5.74, 6) is 2.61. The van der Waals surface area contributed by atoms with E-state index in [1.165, 1.54) is 44.9 Å². The highest BCUT2D eigenvalue weighted by atomic mass is 15.0. The van der Waals surface area contributed by atoms with Crippen molar-refractivity contribution in [2.45, 2.75) is 84.0 Å². The lowest BCUT2D eigenvalue weighted by Crippen LogP contribution is -2.18. The first-order valence-electron chi connectivity index (χ1n) is 8.64. The molecule has 0 amide bonds. The molecule has 3 nitrogen and oxygen atoms in total. The van der Waals surface area contributed by atoms with Gasteiger partial charge in [-0.05, 0) is 19.8 Å². The largest absolute Gasteiger partial charge is 0.370 e. The van der Waals surface area contributed by atoms with Gasteiger partial charge in [-0.15, -0.1) is 0 Å². The lowest BCUT2D eigenvalue weighted by molar-refractivity contribution is 0.438. The summed E-state index contributed by atoms with van der Waals surface area (Å²) in [6.45, 7) is 9.71. The van der Waals surface area contributed by atoms with Crippen LogP contribution in [-0.4, -0.2) is 16.5 Å². The van der Waals surface area contributed by atoms with Crippen molar-refractivity contribution in [1.82, 2.24) is 9.97 Å². The molecule has 2 rings (SSSR count). The second-order valence-corrected chi connectivity index (χ2v) is 7.32. The zero-order chi connectivity index (χ0) is 15.3. The molecular weight excluding hydrogens is 258 g/mol. The zero-order valence-corrected chi connectivity index (χ0v) is 14.2. The summed E-state index contributed by atoms with van der Waals surface area (Å²) in [4.78, 5) is 9.74. The van der Waals surface area contributed by atoms with Crippen LogP contribution in [-0.2, 0) is 5.41 Å². The van der Waals surface area contributed by atoms with E-state index in [1.807, 2.05) is 0 Å². The summed E-state index contributed by atoms with van der Waals surface area (Å²) >= 11 is 0. The maximum Gasteiger partial charge on any atom is 0.134 e. The van der Waals surface area contributed by atoms with Crippen LogP contribution in [0.4, 0.5) is 5.82 Å². The van der Waals surface area contributed by atoms with Crippen molar-refractivity contribution in [3.05, 3.63) is 17.6 Å². The minimum atomic E-state index is 0.0729. The van der Waals surface area contributed by atoms with Gasteiger partial charge < -0.3 is 5.32 Å². The Labute approximate surface area is 130 Å². The molecule has 0 aliphatic heterocycles. The van der Waals surface area contributed by atoms with Crippen molar-refractivity contribution in [2.24, 2.45) is 0 Å². The van der Waals surface area contributed by atoms with Crippen molar-refractivity contribution in [3.8, 4) is 0 Å². The standard InChI is InChI=1S/C18H31N3/c1-5-19-16-13-15(18(2,3)4)20-17(21-16)14-11-9-7-6-8-10-12-14/h13-14H,5-12H2,1-4H3,(H,19,20,21). The second kappa shape index (κ2) is 7.24. The second-order valence-electron chi connectivity index (χ2n) is 7.32. The van der Waals surface area contributed by atoms with Gasteiger partial charge in [-0.3, -0.25) is 0 Å². The van der Waals surface area contributed by atoms with Gasteiger partial charge >= 0.3 is 0 Å². The molecule has 21 heavy (non-hydrogen) atoms. The number of rotatable bonds is 3. The Kier molecular flexibility index (Phi) is 5.60. The van der Waals surface area contributed by atoms with E-state index in [2.05, 4.69) is 39.1 Å². The molecule has 1 aliphatic carbocycles. The average molecular weight is 289 g/mol. The third-order valence-corrected chi connectivity index (χ3v) is 4.34. The fraction of sp³-hybridized carbons (Fsp3) is 0.778. The number of anilines is 1. The van der Waals surface area contributed by atoms with Crippen LogP contribution in [0, 0.1) is 0 Å². The van der Waals surface area contributed by atoms with Gasteiger partial charge in [-0.25, -0.2) is 9.97 Å². The molecule has 0 saturated heterocycles. The number of hydrogen-bond donors (Lipinski definition) is 1. The molecule has 0 bridgehead atoms. The third-order valence-electron chi connectivity index (χ3n) is 4.34. The van der Waals surface area contributed by atoms with Crippen molar-refractivity contribution in [3.63, 3.8) is 0 Å². The summed E-state index contributed by atoms with van der Waals surface area (Å²) < 4.78 is 0. The molecule has 0 atom stereocenters. The summed E-state index contributed by atoms with van der Waals surface area (Å²) in [5.41, 5.74) is 1.23. The summed E-state index contributed by atoms with van der Waals surface area (Å²) in [6.07, 6.45) is 9.29. The summed E-state index contributed by atoms with van der Waals surface area (Å²) in [6, 6.07) is 2.12. The lowest BCUT2D eigenvalue weighted by atomic mass is 9.89. The Bertz CT molecular complexity index is 440. The molecule has 1 aliphatic rings. The predicted octanol–water partition coefficient (Wildman–Crippen LogP) is 5.03. The molecule has 1 N–H and O–H groups in total. The quantitative estimate of drug-likeness (QED) is 0.847. The summed E-state index contributed by atoms with van der Waals surface area (Å²) in [5, 5.41) is 3.38. The van der Waals surface area contributed by atoms with E-state index >= 15 is 0 Å². The fourth-order valence-corrected chi connectivity index (χ4v) is 3.02. The van der Waals surface area contributed by atoms with Crippen LogP contribution in [0.2, 0.25) is 0 Å². The Morgan fingerprint density at radius 1 is 1.05 bits per heavy atom. The molecule has 0 spiro atoms. The van der Waals surface area contributed by atoms with Crippen molar-refractivity contribution in [1.29, 1.82) is 0 Å². The minimum Gasteiger partial charge on any atom is -0.370 e. The molecule has 118 valence electrons. The summed E-state index contributed by atoms with van der Waals surface area (Å²) in [7, 11) is 0. The van der Waals surface area contributed by atoms with E-state index in [0.717, 1.165) is 23.9 Å². The lowest BCUT2D eigenvalue weighted by Gasteiger charge is -2.23. The van der Waals surface area contributed by atoms with Crippen LogP contribution < -0.4 is 5.32 Å². The Hall–Kier alpha value is -1.12. The van der Waals surface area contributed by atoms with E-state index < -0.39 is 0 Å². The van der Waals surface area contributed by atoms with E-state index in [4.69, 9.17) is 9.97 Å². The topological polar surface area (TPSA) is 37.8 Å². The van der Waals surface area contributed by atoms with Crippen LogP contribution in [0.25, 0.3) is 0 Å². The van der Waals surface area contributed by atoms with Gasteiger partial charge in [0.2, 0.25) is 0 Å². The molecule has 1 saturated carbocycles. The molecule has 0 radical (unpaired) electrons. The highest BCUT2D eigenvalue weighted by molar-refractivity contribution is 5.38. The first-order chi connectivity index (χ1) is 10.0. The minimum absolute atomic E-state index is 0.0729. The van der Waals surface area contributed by atoms with Gasteiger partial charge in [-0.1, -0.05) is 52.9 Å². The fourth-order valence-electron chi connectivity index (χ4n) is 3.02. The smallest absolute Gasteiger partial charge is 0.134 e. The first-order valence-corrected chi connectivity index (χ1v) is 8.64. The number of aromatic nitrogens is 2. The highest BCUT2D eigenvalue weighted by Gasteiger charge is 2.22. The van der Waals surface area contributed by atoms with Gasteiger partial charge in [0, 0.05) is 23.9 Å². The normalized spacial score (nSPS) is 18.1. The SMILES string of the molecule is CCNc1cc(C(C)(C)C)nc(C2CCCCCCC2)n1. The Morgan fingerprint density at radius 3 is 2.24 bits per heavy atom. The van der Waals surface area contributed by atoms with Gasteiger partial charge in [0.25, 0.3) is 0 Å². The maximum atomic E-state index is 4.93. The molecular formula is C18H31N3. The van der Waals surface area contributed by atoms with E-state index in [9.17, 15) is 0 Å². The van der Waals surface area contributed by atoms with E-state index in [0.29, 0.717) is 5.92 Å². The van der Waals surface area contributed by atoms with Gasteiger partial charge in [0.15, 0.2) is 0 Å². The monoisotopic (exact) mass is 289 g/mol.